The van der Waals surface area contributed by atoms with Crippen LogP contribution in [0.3, 0.4) is 0 Å². The van der Waals surface area contributed by atoms with E-state index < -0.39 is 18.4 Å². The van der Waals surface area contributed by atoms with Crippen molar-refractivity contribution in [3.63, 3.8) is 0 Å². The molecule has 4 atom stereocenters. The zero-order valence-electron chi connectivity index (χ0n) is 11.7. The second kappa shape index (κ2) is 6.83. The van der Waals surface area contributed by atoms with Gasteiger partial charge in [0.2, 0.25) is 0 Å². The number of hydrogen-bond acceptors (Lipinski definition) is 5. The summed E-state index contributed by atoms with van der Waals surface area (Å²) in [6.07, 6.45) is -1.81. The van der Waals surface area contributed by atoms with Crippen LogP contribution in [-0.2, 0) is 25.6 Å². The Morgan fingerprint density at radius 2 is 2.05 bits per heavy atom. The molecule has 0 saturated carbocycles. The number of aliphatic hydroxyl groups is 1. The molecule has 1 aromatic carbocycles. The number of carbonyl (C=O) groups excluding carboxylic acids is 1. The molecule has 0 bridgehead atoms. The molecule has 1 N–H and O–H groups in total. The first-order valence-electron chi connectivity index (χ1n) is 6.72. The zero-order chi connectivity index (χ0) is 14.5. The van der Waals surface area contributed by atoms with Crippen molar-refractivity contribution >= 4 is 5.97 Å². The molecule has 0 spiro atoms. The molecular formula is C15H20O5. The van der Waals surface area contributed by atoms with Gasteiger partial charge in [-0.1, -0.05) is 30.3 Å². The zero-order valence-corrected chi connectivity index (χ0v) is 11.7. The minimum atomic E-state index is -1.09. The summed E-state index contributed by atoms with van der Waals surface area (Å²) in [4.78, 5) is 11.0. The van der Waals surface area contributed by atoms with E-state index in [0.717, 1.165) is 5.56 Å². The Kier molecular flexibility index (Phi) is 5.11. The van der Waals surface area contributed by atoms with Crippen molar-refractivity contribution in [2.24, 2.45) is 0 Å². The standard InChI is InChI=1S/C15H20O5/c1-10-13(18-9-12-6-4-3-5-7-12)8-14(15(17)19-10)20-11(2)16/h3-7,10,13-15,17H,8-9H2,1-2H3/t10-,13+,14-,15-/m1/s1. The third-order valence-electron chi connectivity index (χ3n) is 3.28. The number of carbonyl (C=O) groups is 1. The van der Waals surface area contributed by atoms with Gasteiger partial charge < -0.3 is 19.3 Å². The number of hydrogen-bond donors (Lipinski definition) is 1. The maximum absolute atomic E-state index is 11.0. The number of benzene rings is 1. The molecule has 1 aromatic rings. The Morgan fingerprint density at radius 3 is 2.70 bits per heavy atom. The molecule has 1 fully saturated rings. The average molecular weight is 280 g/mol. The maximum atomic E-state index is 11.0. The van der Waals surface area contributed by atoms with Crippen LogP contribution < -0.4 is 0 Å². The van der Waals surface area contributed by atoms with Crippen LogP contribution in [-0.4, -0.2) is 35.7 Å². The van der Waals surface area contributed by atoms with Crippen LogP contribution in [0.15, 0.2) is 30.3 Å². The fourth-order valence-electron chi connectivity index (χ4n) is 2.23. The molecule has 20 heavy (non-hydrogen) atoms. The minimum Gasteiger partial charge on any atom is -0.457 e. The summed E-state index contributed by atoms with van der Waals surface area (Å²) in [5.41, 5.74) is 1.06. The first-order chi connectivity index (χ1) is 9.56. The van der Waals surface area contributed by atoms with E-state index in [1.807, 2.05) is 37.3 Å². The highest BCUT2D eigenvalue weighted by atomic mass is 16.7. The van der Waals surface area contributed by atoms with Crippen LogP contribution in [0.5, 0.6) is 0 Å². The SMILES string of the molecule is CC(=O)O[C@@H]1C[C@H](OCc2ccccc2)[C@@H](C)O[C@H]1O. The van der Waals surface area contributed by atoms with E-state index in [2.05, 4.69) is 0 Å². The molecule has 0 aliphatic carbocycles. The van der Waals surface area contributed by atoms with E-state index in [0.29, 0.717) is 13.0 Å². The van der Waals surface area contributed by atoms with Crippen LogP contribution in [0, 0.1) is 0 Å². The molecule has 1 heterocycles. The average Bonchev–Trinajstić information content (AvgIpc) is 2.41. The van der Waals surface area contributed by atoms with Crippen molar-refractivity contribution in [3.05, 3.63) is 35.9 Å². The summed E-state index contributed by atoms with van der Waals surface area (Å²) >= 11 is 0. The first kappa shape index (κ1) is 15.0. The van der Waals surface area contributed by atoms with Gasteiger partial charge in [-0.05, 0) is 12.5 Å². The molecular weight excluding hydrogens is 260 g/mol. The van der Waals surface area contributed by atoms with Crippen molar-refractivity contribution in [1.29, 1.82) is 0 Å². The Bertz CT molecular complexity index is 433. The largest absolute Gasteiger partial charge is 0.457 e. The van der Waals surface area contributed by atoms with Gasteiger partial charge in [0.05, 0.1) is 18.8 Å². The quantitative estimate of drug-likeness (QED) is 0.849. The molecule has 1 aliphatic heterocycles. The maximum Gasteiger partial charge on any atom is 0.303 e. The molecule has 0 amide bonds. The van der Waals surface area contributed by atoms with E-state index in [1.165, 1.54) is 6.92 Å². The van der Waals surface area contributed by atoms with Crippen molar-refractivity contribution < 1.29 is 24.1 Å². The van der Waals surface area contributed by atoms with Gasteiger partial charge in [-0.2, -0.15) is 0 Å². The molecule has 5 heteroatoms. The van der Waals surface area contributed by atoms with E-state index >= 15 is 0 Å². The second-order valence-electron chi connectivity index (χ2n) is 4.95. The van der Waals surface area contributed by atoms with Crippen molar-refractivity contribution in [2.45, 2.75) is 51.5 Å². The summed E-state index contributed by atoms with van der Waals surface area (Å²) in [7, 11) is 0. The van der Waals surface area contributed by atoms with Gasteiger partial charge in [-0.3, -0.25) is 4.79 Å². The Morgan fingerprint density at radius 1 is 1.35 bits per heavy atom. The lowest BCUT2D eigenvalue weighted by Crippen LogP contribution is -2.48. The molecule has 110 valence electrons. The van der Waals surface area contributed by atoms with Gasteiger partial charge in [0.1, 0.15) is 0 Å². The Balaban J connectivity index is 1.91. The van der Waals surface area contributed by atoms with E-state index in [9.17, 15) is 9.90 Å². The molecule has 1 aliphatic rings. The van der Waals surface area contributed by atoms with E-state index in [1.54, 1.807) is 0 Å². The molecule has 2 rings (SSSR count). The summed E-state index contributed by atoms with van der Waals surface area (Å²) in [5.74, 6) is -0.436. The van der Waals surface area contributed by atoms with Gasteiger partial charge in [0.15, 0.2) is 12.4 Å². The second-order valence-corrected chi connectivity index (χ2v) is 4.95. The fourth-order valence-corrected chi connectivity index (χ4v) is 2.23. The highest BCUT2D eigenvalue weighted by Gasteiger charge is 2.37. The van der Waals surface area contributed by atoms with Crippen LogP contribution >= 0.6 is 0 Å². The van der Waals surface area contributed by atoms with Gasteiger partial charge in [0.25, 0.3) is 0 Å². The highest BCUT2D eigenvalue weighted by Crippen LogP contribution is 2.24. The lowest BCUT2D eigenvalue weighted by Gasteiger charge is -2.37. The first-order valence-corrected chi connectivity index (χ1v) is 6.72. The third kappa shape index (κ3) is 4.03. The molecule has 1 saturated heterocycles. The normalized spacial score (nSPS) is 29.9. The van der Waals surface area contributed by atoms with Gasteiger partial charge in [0, 0.05) is 13.3 Å². The molecule has 0 unspecified atom stereocenters. The van der Waals surface area contributed by atoms with E-state index in [4.69, 9.17) is 14.2 Å². The Labute approximate surface area is 118 Å². The van der Waals surface area contributed by atoms with Crippen molar-refractivity contribution in [2.75, 3.05) is 0 Å². The van der Waals surface area contributed by atoms with Crippen molar-refractivity contribution in [3.8, 4) is 0 Å². The minimum absolute atomic E-state index is 0.219. The van der Waals surface area contributed by atoms with Crippen LogP contribution in [0.2, 0.25) is 0 Å². The number of rotatable bonds is 4. The lowest BCUT2D eigenvalue weighted by atomic mass is 10.0. The molecule has 0 aromatic heterocycles. The van der Waals surface area contributed by atoms with Crippen LogP contribution in [0.4, 0.5) is 0 Å². The smallest absolute Gasteiger partial charge is 0.303 e. The van der Waals surface area contributed by atoms with Gasteiger partial charge in [-0.15, -0.1) is 0 Å². The third-order valence-corrected chi connectivity index (χ3v) is 3.28. The predicted molar refractivity (Wildman–Crippen MR) is 71.7 cm³/mol. The van der Waals surface area contributed by atoms with Gasteiger partial charge >= 0.3 is 5.97 Å². The molecule has 5 nitrogen and oxygen atoms in total. The van der Waals surface area contributed by atoms with Crippen LogP contribution in [0.1, 0.15) is 25.8 Å². The summed E-state index contributed by atoms with van der Waals surface area (Å²) in [5, 5.41) is 9.74. The van der Waals surface area contributed by atoms with Crippen molar-refractivity contribution in [1.82, 2.24) is 0 Å². The summed E-state index contributed by atoms with van der Waals surface area (Å²) < 4.78 is 16.2. The monoisotopic (exact) mass is 280 g/mol. The number of ether oxygens (including phenoxy) is 3. The predicted octanol–water partition coefficient (Wildman–Crippen LogP) is 1.63. The van der Waals surface area contributed by atoms with Gasteiger partial charge in [-0.25, -0.2) is 0 Å². The summed E-state index contributed by atoms with van der Waals surface area (Å²) in [6.45, 7) is 3.61. The topological polar surface area (TPSA) is 65.0 Å². The summed E-state index contributed by atoms with van der Waals surface area (Å²) in [6, 6.07) is 9.80. The number of aliphatic hydroxyl groups excluding tert-OH is 1. The highest BCUT2D eigenvalue weighted by molar-refractivity contribution is 5.66. The number of esters is 1. The fraction of sp³-hybridized carbons (Fsp3) is 0.533. The Hall–Kier alpha value is -1.43. The van der Waals surface area contributed by atoms with E-state index in [-0.39, 0.29) is 12.2 Å². The molecule has 0 radical (unpaired) electrons. The van der Waals surface area contributed by atoms with Crippen LogP contribution in [0.25, 0.3) is 0 Å². The lowest BCUT2D eigenvalue weighted by molar-refractivity contribution is -0.256.